The molecule has 0 amide bonds. The Morgan fingerprint density at radius 1 is 1.30 bits per heavy atom. The van der Waals surface area contributed by atoms with Gasteiger partial charge in [0.15, 0.2) is 5.69 Å². The highest BCUT2D eigenvalue weighted by Crippen LogP contribution is 2.34. The topological polar surface area (TPSA) is 82.7 Å². The minimum Gasteiger partial charge on any atom is -0.368 e. The van der Waals surface area contributed by atoms with Crippen molar-refractivity contribution in [3.63, 3.8) is 0 Å². The first-order chi connectivity index (χ1) is 11.2. The highest BCUT2D eigenvalue weighted by atomic mass is 15.2. The fraction of sp³-hybridized carbons (Fsp3) is 0.500. The number of nitrogens with one attached hydrogen (secondary N) is 1. The second kappa shape index (κ2) is 6.75. The zero-order chi connectivity index (χ0) is 16.2. The Balaban J connectivity index is 1.71. The van der Waals surface area contributed by atoms with E-state index in [1.54, 1.807) is 6.20 Å². The third kappa shape index (κ3) is 3.32. The van der Waals surface area contributed by atoms with Crippen molar-refractivity contribution in [3.05, 3.63) is 36.3 Å². The number of likely N-dealkylation sites (tertiary alicyclic amines) is 1. The van der Waals surface area contributed by atoms with Gasteiger partial charge in [-0.25, -0.2) is 15.0 Å². The number of nitriles is 1. The Bertz CT molecular complexity index is 685. The van der Waals surface area contributed by atoms with Crippen LogP contribution >= 0.6 is 0 Å². The SMILES string of the molecule is CN1CCC[C@@H](CNc2cnc(C#N)cn2)[C@@H]1c1cncn1C. The second-order valence-corrected chi connectivity index (χ2v) is 6.04. The third-order valence-electron chi connectivity index (χ3n) is 4.48. The van der Waals surface area contributed by atoms with Crippen molar-refractivity contribution in [3.8, 4) is 6.07 Å². The van der Waals surface area contributed by atoms with Gasteiger partial charge in [-0.05, 0) is 32.4 Å². The quantitative estimate of drug-likeness (QED) is 0.923. The molecule has 1 N–H and O–H groups in total. The van der Waals surface area contributed by atoms with Gasteiger partial charge in [0.2, 0.25) is 0 Å². The van der Waals surface area contributed by atoms with Crippen molar-refractivity contribution in [2.75, 3.05) is 25.5 Å². The molecule has 0 unspecified atom stereocenters. The van der Waals surface area contributed by atoms with Crippen LogP contribution in [0.1, 0.15) is 30.3 Å². The van der Waals surface area contributed by atoms with Crippen molar-refractivity contribution in [2.45, 2.75) is 18.9 Å². The second-order valence-electron chi connectivity index (χ2n) is 6.04. The van der Waals surface area contributed by atoms with E-state index in [1.165, 1.54) is 18.3 Å². The van der Waals surface area contributed by atoms with Gasteiger partial charge in [0.25, 0.3) is 0 Å². The highest BCUT2D eigenvalue weighted by molar-refractivity contribution is 5.33. The van der Waals surface area contributed by atoms with Gasteiger partial charge >= 0.3 is 0 Å². The van der Waals surface area contributed by atoms with Gasteiger partial charge in [0.05, 0.1) is 30.5 Å². The first-order valence-electron chi connectivity index (χ1n) is 7.81. The molecule has 1 fully saturated rings. The van der Waals surface area contributed by atoms with E-state index in [-0.39, 0.29) is 0 Å². The van der Waals surface area contributed by atoms with Crippen LogP contribution in [0.2, 0.25) is 0 Å². The summed E-state index contributed by atoms with van der Waals surface area (Å²) in [5.74, 6) is 1.18. The van der Waals surface area contributed by atoms with Crippen LogP contribution in [-0.4, -0.2) is 44.6 Å². The fourth-order valence-electron chi connectivity index (χ4n) is 3.31. The number of anilines is 1. The van der Waals surface area contributed by atoms with Crippen LogP contribution in [0, 0.1) is 17.2 Å². The first-order valence-corrected chi connectivity index (χ1v) is 7.81. The van der Waals surface area contributed by atoms with Crippen LogP contribution in [0.25, 0.3) is 0 Å². The zero-order valence-electron chi connectivity index (χ0n) is 13.5. The number of rotatable bonds is 4. The maximum atomic E-state index is 8.77. The van der Waals surface area contributed by atoms with Crippen molar-refractivity contribution < 1.29 is 0 Å². The number of aryl methyl sites for hydroxylation is 1. The van der Waals surface area contributed by atoms with E-state index >= 15 is 0 Å². The highest BCUT2D eigenvalue weighted by Gasteiger charge is 2.32. The summed E-state index contributed by atoms with van der Waals surface area (Å²) in [4.78, 5) is 14.9. The zero-order valence-corrected chi connectivity index (χ0v) is 13.5. The van der Waals surface area contributed by atoms with E-state index in [4.69, 9.17) is 5.26 Å². The average Bonchev–Trinajstić information content (AvgIpc) is 2.99. The van der Waals surface area contributed by atoms with Crippen molar-refractivity contribution in [1.82, 2.24) is 24.4 Å². The summed E-state index contributed by atoms with van der Waals surface area (Å²) in [5.41, 5.74) is 1.57. The predicted octanol–water partition coefficient (Wildman–Crippen LogP) is 1.58. The molecule has 0 saturated carbocycles. The minimum absolute atomic E-state index is 0.334. The molecule has 120 valence electrons. The Morgan fingerprint density at radius 2 is 2.17 bits per heavy atom. The molecule has 0 spiro atoms. The van der Waals surface area contributed by atoms with E-state index in [0.29, 0.717) is 23.5 Å². The lowest BCUT2D eigenvalue weighted by Gasteiger charge is -2.39. The van der Waals surface area contributed by atoms with E-state index in [2.05, 4.69) is 36.8 Å². The van der Waals surface area contributed by atoms with Crippen LogP contribution < -0.4 is 5.32 Å². The molecule has 0 radical (unpaired) electrons. The Labute approximate surface area is 136 Å². The molecule has 0 bridgehead atoms. The van der Waals surface area contributed by atoms with Crippen molar-refractivity contribution >= 4 is 5.82 Å². The molecule has 7 heteroatoms. The maximum absolute atomic E-state index is 8.77. The summed E-state index contributed by atoms with van der Waals surface area (Å²) in [6.07, 6.45) is 9.28. The van der Waals surface area contributed by atoms with Crippen LogP contribution in [0.3, 0.4) is 0 Å². The molecule has 1 saturated heterocycles. The third-order valence-corrected chi connectivity index (χ3v) is 4.48. The van der Waals surface area contributed by atoms with Gasteiger partial charge in [-0.1, -0.05) is 0 Å². The summed E-state index contributed by atoms with van der Waals surface area (Å²) >= 11 is 0. The normalized spacial score (nSPS) is 21.8. The molecule has 3 heterocycles. The summed E-state index contributed by atoms with van der Waals surface area (Å²) in [5, 5.41) is 12.1. The van der Waals surface area contributed by atoms with E-state index in [9.17, 15) is 0 Å². The molecule has 0 aromatic carbocycles. The van der Waals surface area contributed by atoms with E-state index in [0.717, 1.165) is 19.5 Å². The smallest absolute Gasteiger partial charge is 0.158 e. The van der Waals surface area contributed by atoms with Crippen LogP contribution in [0.4, 0.5) is 5.82 Å². The maximum Gasteiger partial charge on any atom is 0.158 e. The number of imidazole rings is 1. The van der Waals surface area contributed by atoms with Gasteiger partial charge in [-0.15, -0.1) is 0 Å². The van der Waals surface area contributed by atoms with Crippen molar-refractivity contribution in [1.29, 1.82) is 5.26 Å². The molecule has 3 rings (SSSR count). The van der Waals surface area contributed by atoms with E-state index < -0.39 is 0 Å². The number of hydrogen-bond acceptors (Lipinski definition) is 6. The standard InChI is InChI=1S/C16H21N7/c1-22-5-3-4-12(16(22)14-9-18-11-23(14)2)7-20-15-10-19-13(6-17)8-21-15/h8-12,16H,3-5,7H2,1-2H3,(H,20,21)/t12-,16+/m0/s1. The summed E-state index contributed by atoms with van der Waals surface area (Å²) in [6, 6.07) is 2.32. The number of hydrogen-bond donors (Lipinski definition) is 1. The van der Waals surface area contributed by atoms with E-state index in [1.807, 2.05) is 25.6 Å². The van der Waals surface area contributed by atoms with Gasteiger partial charge < -0.3 is 9.88 Å². The summed E-state index contributed by atoms with van der Waals surface area (Å²) in [7, 11) is 4.21. The molecule has 2 aromatic heterocycles. The Hall–Kier alpha value is -2.46. The number of piperidine rings is 1. The Morgan fingerprint density at radius 3 is 2.83 bits per heavy atom. The lowest BCUT2D eigenvalue weighted by Crippen LogP contribution is -2.39. The van der Waals surface area contributed by atoms with Gasteiger partial charge in [0, 0.05) is 19.8 Å². The van der Waals surface area contributed by atoms with Gasteiger partial charge in [0.1, 0.15) is 11.9 Å². The van der Waals surface area contributed by atoms with Gasteiger partial charge in [-0.3, -0.25) is 4.90 Å². The predicted molar refractivity (Wildman–Crippen MR) is 86.5 cm³/mol. The van der Waals surface area contributed by atoms with Crippen LogP contribution in [-0.2, 0) is 7.05 Å². The molecular formula is C16H21N7. The summed E-state index contributed by atoms with van der Waals surface area (Å²) < 4.78 is 2.10. The molecule has 2 atom stereocenters. The molecule has 1 aliphatic heterocycles. The molecule has 23 heavy (non-hydrogen) atoms. The lowest BCUT2D eigenvalue weighted by molar-refractivity contribution is 0.122. The Kier molecular flexibility index (Phi) is 4.53. The first kappa shape index (κ1) is 15.4. The molecule has 2 aromatic rings. The molecular weight excluding hydrogens is 290 g/mol. The number of aromatic nitrogens is 4. The number of nitrogens with zero attached hydrogens (tertiary/aromatic N) is 6. The molecule has 1 aliphatic rings. The van der Waals surface area contributed by atoms with Gasteiger partial charge in [-0.2, -0.15) is 5.26 Å². The lowest BCUT2D eigenvalue weighted by atomic mass is 9.87. The fourth-order valence-corrected chi connectivity index (χ4v) is 3.31. The average molecular weight is 311 g/mol. The molecule has 7 nitrogen and oxygen atoms in total. The molecule has 0 aliphatic carbocycles. The largest absolute Gasteiger partial charge is 0.368 e. The van der Waals surface area contributed by atoms with Crippen molar-refractivity contribution in [2.24, 2.45) is 13.0 Å². The monoisotopic (exact) mass is 311 g/mol. The minimum atomic E-state index is 0.334. The van der Waals surface area contributed by atoms with Crippen LogP contribution in [0.5, 0.6) is 0 Å². The summed E-state index contributed by atoms with van der Waals surface area (Å²) in [6.45, 7) is 1.92. The van der Waals surface area contributed by atoms with Crippen LogP contribution in [0.15, 0.2) is 24.9 Å².